The highest BCUT2D eigenvalue weighted by Gasteiger charge is 2.68. The smallest absolute Gasteiger partial charge is 0.244 e. The SMILES string of the molecule is Cc1ccc(N2C(=O)[C@@H]3C4c5ccccc5C(/C=N\NC(=O)Cc5ccc(Cl)cc5)(c5ccccc54)[C@@H]3C2=O)cc1Cl. The maximum absolute atomic E-state index is 14.4. The van der Waals surface area contributed by atoms with E-state index in [0.717, 1.165) is 33.4 Å². The molecule has 0 radical (unpaired) electrons. The van der Waals surface area contributed by atoms with Crippen LogP contribution in [0.2, 0.25) is 10.0 Å². The summed E-state index contributed by atoms with van der Waals surface area (Å²) in [5.41, 5.74) is 7.49. The molecule has 3 amide bonds. The maximum Gasteiger partial charge on any atom is 0.244 e. The first-order valence-electron chi connectivity index (χ1n) is 13.7. The van der Waals surface area contributed by atoms with Crippen molar-refractivity contribution in [3.8, 4) is 0 Å². The molecule has 1 aliphatic heterocycles. The highest BCUT2D eigenvalue weighted by atomic mass is 35.5. The van der Waals surface area contributed by atoms with Crippen LogP contribution in [0.4, 0.5) is 5.69 Å². The Morgan fingerprint density at radius 1 is 0.905 bits per heavy atom. The molecule has 1 heterocycles. The van der Waals surface area contributed by atoms with Gasteiger partial charge in [-0.05, 0) is 64.6 Å². The summed E-state index contributed by atoms with van der Waals surface area (Å²) in [6, 6.07) is 28.1. The van der Waals surface area contributed by atoms with Gasteiger partial charge < -0.3 is 0 Å². The van der Waals surface area contributed by atoms with Gasteiger partial charge in [0.2, 0.25) is 17.7 Å². The minimum absolute atomic E-state index is 0.113. The van der Waals surface area contributed by atoms with Crippen LogP contribution in [-0.2, 0) is 26.2 Å². The largest absolute Gasteiger partial charge is 0.274 e. The summed E-state index contributed by atoms with van der Waals surface area (Å²) in [6.45, 7) is 1.87. The quantitative estimate of drug-likeness (QED) is 0.170. The zero-order valence-electron chi connectivity index (χ0n) is 22.6. The molecule has 2 atom stereocenters. The highest BCUT2D eigenvalue weighted by Crippen LogP contribution is 2.63. The summed E-state index contributed by atoms with van der Waals surface area (Å²) >= 11 is 12.4. The Kier molecular flexibility index (Phi) is 6.30. The van der Waals surface area contributed by atoms with Gasteiger partial charge in [0.1, 0.15) is 0 Å². The Morgan fingerprint density at radius 2 is 1.55 bits per heavy atom. The Hall–Kier alpha value is -4.26. The van der Waals surface area contributed by atoms with E-state index in [1.807, 2.05) is 61.5 Å². The molecule has 2 bridgehead atoms. The Balaban J connectivity index is 1.35. The van der Waals surface area contributed by atoms with E-state index >= 15 is 0 Å². The number of benzene rings is 4. The van der Waals surface area contributed by atoms with Crippen LogP contribution in [-0.4, -0.2) is 23.9 Å². The van der Waals surface area contributed by atoms with Crippen LogP contribution in [0, 0.1) is 18.8 Å². The van der Waals surface area contributed by atoms with Gasteiger partial charge in [0.15, 0.2) is 0 Å². The summed E-state index contributed by atoms with van der Waals surface area (Å²) in [7, 11) is 0. The van der Waals surface area contributed by atoms with Gasteiger partial charge in [0.25, 0.3) is 0 Å². The Morgan fingerprint density at radius 3 is 2.19 bits per heavy atom. The van der Waals surface area contributed by atoms with Crippen LogP contribution in [0.3, 0.4) is 0 Å². The lowest BCUT2D eigenvalue weighted by atomic mass is 9.47. The average molecular weight is 594 g/mol. The van der Waals surface area contributed by atoms with Crippen LogP contribution >= 0.6 is 23.2 Å². The molecule has 0 unspecified atom stereocenters. The fourth-order valence-corrected chi connectivity index (χ4v) is 7.36. The fraction of sp³-hybridized carbons (Fsp3) is 0.176. The van der Waals surface area contributed by atoms with Gasteiger partial charge in [0.05, 0.1) is 29.4 Å². The minimum atomic E-state index is -1.07. The van der Waals surface area contributed by atoms with Crippen LogP contribution < -0.4 is 10.3 Å². The van der Waals surface area contributed by atoms with E-state index in [9.17, 15) is 14.4 Å². The number of halogens is 2. The standard InChI is InChI=1S/C34H25Cl2N3O3/c1-19-10-15-22(17-27(19)36)39-32(41)30-29-23-6-2-4-8-25(23)34(31(30)33(39)42,26-9-5-3-7-24(26)29)18-37-38-28(40)16-20-11-13-21(35)14-12-20/h2-15,17-18,29-31H,16H2,1H3,(H,38,40)/b37-18-/t29?,30-,31+,34?/m1/s1. The first-order chi connectivity index (χ1) is 20.3. The van der Waals surface area contributed by atoms with Crippen molar-refractivity contribution in [1.82, 2.24) is 5.43 Å². The zero-order valence-corrected chi connectivity index (χ0v) is 24.1. The van der Waals surface area contributed by atoms with Crippen LogP contribution in [0.15, 0.2) is 96.1 Å². The van der Waals surface area contributed by atoms with Crippen molar-refractivity contribution in [3.05, 3.63) is 134 Å². The second-order valence-electron chi connectivity index (χ2n) is 11.1. The van der Waals surface area contributed by atoms with E-state index < -0.39 is 17.3 Å². The molecular formula is C34H25Cl2N3O3. The van der Waals surface area contributed by atoms with Gasteiger partial charge in [-0.1, -0.05) is 89.9 Å². The van der Waals surface area contributed by atoms with Gasteiger partial charge >= 0.3 is 0 Å². The molecule has 6 nitrogen and oxygen atoms in total. The van der Waals surface area contributed by atoms with E-state index in [1.54, 1.807) is 42.6 Å². The van der Waals surface area contributed by atoms with Crippen molar-refractivity contribution in [2.75, 3.05) is 4.90 Å². The average Bonchev–Trinajstić information content (AvgIpc) is 3.26. The third-order valence-electron chi connectivity index (χ3n) is 8.83. The summed E-state index contributed by atoms with van der Waals surface area (Å²) in [4.78, 5) is 42.8. The Bertz CT molecular complexity index is 1770. The van der Waals surface area contributed by atoms with Gasteiger partial charge in [-0.2, -0.15) is 5.10 Å². The molecule has 4 aliphatic rings. The lowest BCUT2D eigenvalue weighted by Crippen LogP contribution is -2.54. The van der Waals surface area contributed by atoms with Crippen LogP contribution in [0.5, 0.6) is 0 Å². The van der Waals surface area contributed by atoms with Crippen molar-refractivity contribution in [3.63, 3.8) is 0 Å². The van der Waals surface area contributed by atoms with E-state index in [4.69, 9.17) is 23.2 Å². The second kappa shape index (κ2) is 9.93. The normalized spacial score (nSPS) is 23.6. The molecule has 1 N–H and O–H groups in total. The van der Waals surface area contributed by atoms with E-state index in [2.05, 4.69) is 10.5 Å². The van der Waals surface area contributed by atoms with E-state index in [-0.39, 0.29) is 30.1 Å². The number of aryl methyl sites for hydroxylation is 1. The number of imide groups is 1. The molecule has 0 spiro atoms. The monoisotopic (exact) mass is 593 g/mol. The molecule has 4 aromatic carbocycles. The van der Waals surface area contributed by atoms with Crippen molar-refractivity contribution < 1.29 is 14.4 Å². The van der Waals surface area contributed by atoms with Crippen molar-refractivity contribution in [1.29, 1.82) is 0 Å². The van der Waals surface area contributed by atoms with Gasteiger partial charge in [0, 0.05) is 22.2 Å². The number of nitrogens with one attached hydrogen (secondary N) is 1. The predicted octanol–water partition coefficient (Wildman–Crippen LogP) is 6.20. The summed E-state index contributed by atoms with van der Waals surface area (Å²) in [5, 5.41) is 5.54. The van der Waals surface area contributed by atoms with Crippen molar-refractivity contribution in [2.24, 2.45) is 16.9 Å². The van der Waals surface area contributed by atoms with Crippen LogP contribution in [0.25, 0.3) is 0 Å². The number of amides is 3. The van der Waals surface area contributed by atoms with Crippen molar-refractivity contribution >= 4 is 52.8 Å². The third-order valence-corrected chi connectivity index (χ3v) is 9.49. The molecule has 1 fully saturated rings. The molecular weight excluding hydrogens is 569 g/mol. The first-order valence-corrected chi connectivity index (χ1v) is 14.5. The van der Waals surface area contributed by atoms with Gasteiger partial charge in [-0.3, -0.25) is 14.4 Å². The van der Waals surface area contributed by atoms with E-state index in [0.29, 0.717) is 15.7 Å². The molecule has 3 aliphatic carbocycles. The molecule has 0 aromatic heterocycles. The fourth-order valence-electron chi connectivity index (χ4n) is 7.06. The zero-order chi connectivity index (χ0) is 29.2. The summed E-state index contributed by atoms with van der Waals surface area (Å²) in [6.07, 6.45) is 1.77. The molecule has 8 heteroatoms. The topological polar surface area (TPSA) is 78.8 Å². The number of rotatable bonds is 5. The minimum Gasteiger partial charge on any atom is -0.274 e. The predicted molar refractivity (Wildman–Crippen MR) is 163 cm³/mol. The first kappa shape index (κ1) is 26.6. The lowest BCUT2D eigenvalue weighted by molar-refractivity contribution is -0.123. The number of anilines is 1. The number of hydrazone groups is 1. The number of carbonyl (C=O) groups excluding carboxylic acids is 3. The van der Waals surface area contributed by atoms with Crippen LogP contribution in [0.1, 0.15) is 39.3 Å². The molecule has 42 heavy (non-hydrogen) atoms. The van der Waals surface area contributed by atoms with Gasteiger partial charge in [-0.15, -0.1) is 0 Å². The summed E-state index contributed by atoms with van der Waals surface area (Å²) < 4.78 is 0. The van der Waals surface area contributed by atoms with Crippen molar-refractivity contribution in [2.45, 2.75) is 24.7 Å². The molecule has 8 rings (SSSR count). The molecule has 0 saturated carbocycles. The number of carbonyl (C=O) groups is 3. The van der Waals surface area contributed by atoms with Gasteiger partial charge in [-0.25, -0.2) is 10.3 Å². The molecule has 1 saturated heterocycles. The van der Waals surface area contributed by atoms with E-state index in [1.165, 1.54) is 4.90 Å². The molecule has 4 aromatic rings. The third kappa shape index (κ3) is 3.86. The number of hydrogen-bond donors (Lipinski definition) is 1. The Labute approximate surface area is 253 Å². The number of nitrogens with zero attached hydrogens (tertiary/aromatic N) is 2. The second-order valence-corrected chi connectivity index (χ2v) is 11.9. The maximum atomic E-state index is 14.4. The molecule has 208 valence electrons. The summed E-state index contributed by atoms with van der Waals surface area (Å²) in [5.74, 6) is -2.56. The lowest BCUT2D eigenvalue weighted by Gasteiger charge is -2.52. The number of hydrogen-bond acceptors (Lipinski definition) is 4. The highest BCUT2D eigenvalue weighted by molar-refractivity contribution is 6.32.